The van der Waals surface area contributed by atoms with E-state index in [1.165, 1.54) is 0 Å². The Bertz CT molecular complexity index is 1640. The number of aromatic nitrogens is 2. The standard InChI is InChI=1S/C38H56N4O6S/c1-37(2,3)34(44)33(43)31(21-26-16-11-8-12-17-26)40-36(46)32(22-27-18-13-19-30-29(27)23-39-42-30)41-35(45)28(20-25-14-9-7-10-15-25)24-49(47,48)38(4,5)6/h7,9-10,13-15,18-19,23,26,28,31-34,43-44H,8,11-12,16-17,20-22,24H2,1-6H3,(H,39,42)(H,40,46)(H,41,45)/t28-,31+,32+,33-,34?/m1/s1. The van der Waals surface area contributed by atoms with E-state index < -0.39 is 62.0 Å². The van der Waals surface area contributed by atoms with Crippen molar-refractivity contribution < 1.29 is 28.2 Å². The van der Waals surface area contributed by atoms with Crippen LogP contribution < -0.4 is 10.6 Å². The maximum atomic E-state index is 14.4. The predicted octanol–water partition coefficient (Wildman–Crippen LogP) is 4.89. The highest BCUT2D eigenvalue weighted by Crippen LogP contribution is 2.31. The maximum Gasteiger partial charge on any atom is 0.243 e. The maximum absolute atomic E-state index is 14.4. The van der Waals surface area contributed by atoms with Gasteiger partial charge in [0, 0.05) is 11.8 Å². The van der Waals surface area contributed by atoms with Gasteiger partial charge in [-0.3, -0.25) is 14.7 Å². The molecule has 5 N–H and O–H groups in total. The minimum Gasteiger partial charge on any atom is -0.390 e. The molecule has 2 aromatic carbocycles. The van der Waals surface area contributed by atoms with Gasteiger partial charge in [-0.1, -0.05) is 95.3 Å². The summed E-state index contributed by atoms with van der Waals surface area (Å²) in [7, 11) is -3.70. The highest BCUT2D eigenvalue weighted by Gasteiger charge is 2.39. The van der Waals surface area contributed by atoms with Crippen LogP contribution in [0.25, 0.3) is 10.9 Å². The number of hydrogen-bond donors (Lipinski definition) is 5. The Morgan fingerprint density at radius 2 is 1.57 bits per heavy atom. The molecule has 1 unspecified atom stereocenters. The molecule has 3 aromatic rings. The molecule has 270 valence electrons. The van der Waals surface area contributed by atoms with Crippen molar-refractivity contribution >= 4 is 32.6 Å². The van der Waals surface area contributed by atoms with Crippen molar-refractivity contribution in [2.24, 2.45) is 17.3 Å². The van der Waals surface area contributed by atoms with Gasteiger partial charge in [-0.05, 0) is 62.1 Å². The summed E-state index contributed by atoms with van der Waals surface area (Å²) in [6.07, 6.45) is 5.39. The lowest BCUT2D eigenvalue weighted by molar-refractivity contribution is -0.132. The lowest BCUT2D eigenvalue weighted by Crippen LogP contribution is -2.58. The second kappa shape index (κ2) is 16.2. The molecule has 1 heterocycles. The number of nitrogens with one attached hydrogen (secondary N) is 3. The lowest BCUT2D eigenvalue weighted by atomic mass is 9.79. The normalized spacial score (nSPS) is 18.0. The van der Waals surface area contributed by atoms with E-state index in [1.54, 1.807) is 27.0 Å². The van der Waals surface area contributed by atoms with E-state index in [-0.39, 0.29) is 24.5 Å². The number of fused-ring (bicyclic) bond motifs is 1. The summed E-state index contributed by atoms with van der Waals surface area (Å²) in [5.74, 6) is -2.12. The van der Waals surface area contributed by atoms with Gasteiger partial charge in [0.25, 0.3) is 0 Å². The van der Waals surface area contributed by atoms with Gasteiger partial charge in [0.2, 0.25) is 11.8 Å². The number of rotatable bonds is 14. The minimum absolute atomic E-state index is 0.104. The van der Waals surface area contributed by atoms with Crippen LogP contribution in [-0.4, -0.2) is 75.4 Å². The highest BCUT2D eigenvalue weighted by atomic mass is 32.2. The first kappa shape index (κ1) is 38.5. The van der Waals surface area contributed by atoms with Gasteiger partial charge in [0.15, 0.2) is 9.84 Å². The third kappa shape index (κ3) is 10.4. The van der Waals surface area contributed by atoms with Crippen molar-refractivity contribution in [1.29, 1.82) is 0 Å². The zero-order valence-corrected chi connectivity index (χ0v) is 30.7. The topological polar surface area (TPSA) is 161 Å². The van der Waals surface area contributed by atoms with Crippen molar-refractivity contribution in [1.82, 2.24) is 20.8 Å². The molecule has 0 radical (unpaired) electrons. The average Bonchev–Trinajstić information content (AvgIpc) is 3.53. The van der Waals surface area contributed by atoms with Crippen molar-refractivity contribution in [3.63, 3.8) is 0 Å². The van der Waals surface area contributed by atoms with E-state index in [1.807, 2.05) is 69.3 Å². The third-order valence-electron chi connectivity index (χ3n) is 9.94. The largest absolute Gasteiger partial charge is 0.390 e. The first-order valence-electron chi connectivity index (χ1n) is 17.6. The smallest absolute Gasteiger partial charge is 0.243 e. The monoisotopic (exact) mass is 696 g/mol. The molecule has 4 rings (SSSR count). The molecule has 1 aliphatic carbocycles. The van der Waals surface area contributed by atoms with Crippen molar-refractivity contribution in [3.05, 3.63) is 65.9 Å². The molecule has 1 saturated carbocycles. The summed E-state index contributed by atoms with van der Waals surface area (Å²) < 4.78 is 25.8. The molecule has 1 fully saturated rings. The summed E-state index contributed by atoms with van der Waals surface area (Å²) in [5.41, 5.74) is 1.72. The number of hydrogen-bond acceptors (Lipinski definition) is 7. The fourth-order valence-corrected chi connectivity index (χ4v) is 7.95. The van der Waals surface area contributed by atoms with Crippen LogP contribution >= 0.6 is 0 Å². The summed E-state index contributed by atoms with van der Waals surface area (Å²) >= 11 is 0. The van der Waals surface area contributed by atoms with Gasteiger partial charge in [-0.2, -0.15) is 5.10 Å². The number of aliphatic hydroxyl groups is 2. The number of carbonyl (C=O) groups is 2. The third-order valence-corrected chi connectivity index (χ3v) is 12.7. The van der Waals surface area contributed by atoms with Crippen LogP contribution in [0.2, 0.25) is 0 Å². The molecule has 0 aliphatic heterocycles. The summed E-state index contributed by atoms with van der Waals surface area (Å²) in [6, 6.07) is 13.0. The number of amides is 2. The van der Waals surface area contributed by atoms with Crippen LogP contribution in [-0.2, 0) is 32.3 Å². The van der Waals surface area contributed by atoms with Gasteiger partial charge in [-0.15, -0.1) is 0 Å². The van der Waals surface area contributed by atoms with E-state index >= 15 is 0 Å². The Kier molecular flexibility index (Phi) is 12.7. The second-order valence-electron chi connectivity index (χ2n) is 16.0. The van der Waals surface area contributed by atoms with Crippen molar-refractivity contribution in [3.8, 4) is 0 Å². The van der Waals surface area contributed by atoms with Crippen LogP contribution in [0, 0.1) is 17.3 Å². The molecule has 0 spiro atoms. The summed E-state index contributed by atoms with van der Waals surface area (Å²) in [4.78, 5) is 28.5. The van der Waals surface area contributed by atoms with Crippen LogP contribution in [0.5, 0.6) is 0 Å². The number of sulfone groups is 1. The Morgan fingerprint density at radius 3 is 2.20 bits per heavy atom. The Morgan fingerprint density at radius 1 is 0.898 bits per heavy atom. The van der Waals surface area contributed by atoms with E-state index in [4.69, 9.17) is 0 Å². The molecule has 0 saturated heterocycles. The van der Waals surface area contributed by atoms with E-state index in [2.05, 4.69) is 20.8 Å². The molecule has 49 heavy (non-hydrogen) atoms. The molecule has 2 amide bonds. The fourth-order valence-electron chi connectivity index (χ4n) is 6.65. The first-order chi connectivity index (χ1) is 23.0. The number of aliphatic hydroxyl groups excluding tert-OH is 2. The van der Waals surface area contributed by atoms with Crippen LogP contribution in [0.3, 0.4) is 0 Å². The highest BCUT2D eigenvalue weighted by molar-refractivity contribution is 7.92. The van der Waals surface area contributed by atoms with Gasteiger partial charge in [0.1, 0.15) is 12.1 Å². The first-order valence-corrected chi connectivity index (χ1v) is 19.3. The number of nitrogens with zero attached hydrogens (tertiary/aromatic N) is 1. The minimum atomic E-state index is -3.70. The number of H-pyrrole nitrogens is 1. The van der Waals surface area contributed by atoms with Gasteiger partial charge < -0.3 is 20.8 Å². The van der Waals surface area contributed by atoms with E-state index in [0.29, 0.717) is 6.42 Å². The molecular weight excluding hydrogens is 641 g/mol. The van der Waals surface area contributed by atoms with Crippen LogP contribution in [0.4, 0.5) is 0 Å². The molecule has 0 bridgehead atoms. The predicted molar refractivity (Wildman–Crippen MR) is 193 cm³/mol. The summed E-state index contributed by atoms with van der Waals surface area (Å²) in [5, 5.41) is 36.5. The number of aromatic amines is 1. The molecule has 1 aromatic heterocycles. The Hall–Kier alpha value is -3.28. The van der Waals surface area contributed by atoms with Crippen LogP contribution in [0.1, 0.15) is 91.2 Å². The molecule has 5 atom stereocenters. The molecule has 10 nitrogen and oxygen atoms in total. The SMILES string of the molecule is CC(C)(C)C(O)[C@H](O)[C@H](CC1CCCCC1)NC(=O)[C@H](Cc1cccc2[nH]ncc12)NC(=O)[C@H](Cc1ccccc1)CS(=O)(=O)C(C)(C)C. The number of carbonyl (C=O) groups excluding carboxylic acids is 2. The quantitative estimate of drug-likeness (QED) is 0.160. The van der Waals surface area contributed by atoms with Gasteiger partial charge in [0.05, 0.1) is 40.3 Å². The van der Waals surface area contributed by atoms with Crippen molar-refractivity contribution in [2.75, 3.05) is 5.75 Å². The lowest BCUT2D eigenvalue weighted by Gasteiger charge is -2.37. The zero-order chi connectivity index (χ0) is 36.0. The van der Waals surface area contributed by atoms with E-state index in [0.717, 1.165) is 54.1 Å². The second-order valence-corrected chi connectivity index (χ2v) is 18.7. The molecular formula is C38H56N4O6S. The van der Waals surface area contributed by atoms with E-state index in [9.17, 15) is 28.2 Å². The van der Waals surface area contributed by atoms with Gasteiger partial charge >= 0.3 is 0 Å². The average molecular weight is 697 g/mol. The summed E-state index contributed by atoms with van der Waals surface area (Å²) in [6.45, 7) is 10.4. The Labute approximate surface area is 291 Å². The molecule has 11 heteroatoms. The number of benzene rings is 2. The molecule has 1 aliphatic rings. The zero-order valence-electron chi connectivity index (χ0n) is 29.9. The van der Waals surface area contributed by atoms with Gasteiger partial charge in [-0.25, -0.2) is 8.42 Å². The van der Waals surface area contributed by atoms with Crippen LogP contribution in [0.15, 0.2) is 54.7 Å². The fraction of sp³-hybridized carbons (Fsp3) is 0.605. The Balaban J connectivity index is 1.68. The van der Waals surface area contributed by atoms with Crippen molar-refractivity contribution in [2.45, 2.75) is 122 Å².